The van der Waals surface area contributed by atoms with E-state index in [4.69, 9.17) is 17.0 Å². The third-order valence-electron chi connectivity index (χ3n) is 4.28. The van der Waals surface area contributed by atoms with Gasteiger partial charge in [0.2, 0.25) is 5.91 Å². The lowest BCUT2D eigenvalue weighted by molar-refractivity contribution is -0.115. The fraction of sp³-hybridized carbons (Fsp3) is 0.300. The molecule has 1 saturated heterocycles. The van der Waals surface area contributed by atoms with Crippen LogP contribution in [0, 0.1) is 0 Å². The van der Waals surface area contributed by atoms with Crippen LogP contribution in [-0.2, 0) is 4.79 Å². The largest absolute Gasteiger partial charge is 0.497 e. The van der Waals surface area contributed by atoms with E-state index in [1.54, 1.807) is 7.11 Å². The molecule has 136 valence electrons. The van der Waals surface area contributed by atoms with E-state index in [0.717, 1.165) is 47.3 Å². The van der Waals surface area contributed by atoms with Crippen molar-refractivity contribution in [2.75, 3.05) is 25.5 Å². The van der Waals surface area contributed by atoms with Crippen LogP contribution >= 0.6 is 24.0 Å². The Kier molecular flexibility index (Phi) is 6.52. The minimum Gasteiger partial charge on any atom is -0.497 e. The highest BCUT2D eigenvalue weighted by molar-refractivity contribution is 8.23. The van der Waals surface area contributed by atoms with E-state index in [1.165, 1.54) is 11.8 Å². The molecule has 1 unspecified atom stereocenters. The van der Waals surface area contributed by atoms with Crippen molar-refractivity contribution in [3.63, 3.8) is 0 Å². The summed E-state index contributed by atoms with van der Waals surface area (Å²) in [6, 6.07) is 17.1. The minimum atomic E-state index is -0.383. The molecule has 1 fully saturated rings. The maximum Gasteiger partial charge on any atom is 0.242 e. The van der Waals surface area contributed by atoms with Gasteiger partial charge in [-0.3, -0.25) is 4.79 Å². The van der Waals surface area contributed by atoms with Gasteiger partial charge in [0.15, 0.2) is 0 Å². The Balaban J connectivity index is 1.75. The summed E-state index contributed by atoms with van der Waals surface area (Å²) in [6.45, 7) is 1.96. The first-order chi connectivity index (χ1) is 12.7. The number of likely N-dealkylation sites (tertiary alicyclic amines) is 1. The van der Waals surface area contributed by atoms with Gasteiger partial charge in [-0.15, -0.1) is 0 Å². The van der Waals surface area contributed by atoms with Gasteiger partial charge in [-0.05, 0) is 42.7 Å². The monoisotopic (exact) mass is 386 g/mol. The van der Waals surface area contributed by atoms with Crippen LogP contribution in [0.4, 0.5) is 5.69 Å². The number of amides is 1. The summed E-state index contributed by atoms with van der Waals surface area (Å²) in [5.41, 5.74) is 1.69. The van der Waals surface area contributed by atoms with Crippen molar-refractivity contribution < 1.29 is 9.53 Å². The molecule has 1 aliphatic heterocycles. The lowest BCUT2D eigenvalue weighted by Gasteiger charge is -2.22. The molecule has 26 heavy (non-hydrogen) atoms. The molecule has 3 rings (SSSR count). The zero-order valence-electron chi connectivity index (χ0n) is 14.7. The number of nitrogens with zero attached hydrogens (tertiary/aromatic N) is 1. The van der Waals surface area contributed by atoms with Crippen LogP contribution in [0.2, 0.25) is 0 Å². The van der Waals surface area contributed by atoms with Gasteiger partial charge in [-0.25, -0.2) is 0 Å². The molecule has 1 atom stereocenters. The topological polar surface area (TPSA) is 41.6 Å². The molecular formula is C20H22N2O2S2. The summed E-state index contributed by atoms with van der Waals surface area (Å²) in [7, 11) is 1.62. The number of hydrogen-bond acceptors (Lipinski definition) is 4. The van der Waals surface area contributed by atoms with Crippen molar-refractivity contribution in [3.05, 3.63) is 60.2 Å². The number of carbonyl (C=O) groups is 1. The quantitative estimate of drug-likeness (QED) is 0.767. The predicted octanol–water partition coefficient (Wildman–Crippen LogP) is 4.49. The normalized spacial score (nSPS) is 14.7. The van der Waals surface area contributed by atoms with Crippen molar-refractivity contribution in [3.8, 4) is 5.75 Å². The Morgan fingerprint density at radius 2 is 1.77 bits per heavy atom. The second-order valence-electron chi connectivity index (χ2n) is 6.09. The molecule has 2 aromatic rings. The molecule has 0 spiro atoms. The van der Waals surface area contributed by atoms with E-state index in [2.05, 4.69) is 10.2 Å². The highest BCUT2D eigenvalue weighted by Crippen LogP contribution is 2.33. The van der Waals surface area contributed by atoms with Crippen LogP contribution < -0.4 is 10.1 Å². The van der Waals surface area contributed by atoms with E-state index < -0.39 is 0 Å². The van der Waals surface area contributed by atoms with Gasteiger partial charge < -0.3 is 15.0 Å². The smallest absolute Gasteiger partial charge is 0.242 e. The summed E-state index contributed by atoms with van der Waals surface area (Å²) in [5, 5.41) is 2.61. The first kappa shape index (κ1) is 18.7. The van der Waals surface area contributed by atoms with Crippen LogP contribution in [0.5, 0.6) is 5.75 Å². The number of thioether (sulfide) groups is 1. The molecular weight excluding hydrogens is 364 g/mol. The van der Waals surface area contributed by atoms with Gasteiger partial charge in [-0.2, -0.15) is 0 Å². The van der Waals surface area contributed by atoms with Crippen molar-refractivity contribution in [1.29, 1.82) is 0 Å². The molecule has 1 aliphatic rings. The number of anilines is 1. The average Bonchev–Trinajstić information content (AvgIpc) is 3.22. The van der Waals surface area contributed by atoms with Crippen LogP contribution in [0.15, 0.2) is 54.6 Å². The van der Waals surface area contributed by atoms with E-state index in [9.17, 15) is 4.79 Å². The van der Waals surface area contributed by atoms with Gasteiger partial charge in [-0.1, -0.05) is 54.3 Å². The summed E-state index contributed by atoms with van der Waals surface area (Å²) < 4.78 is 5.95. The van der Waals surface area contributed by atoms with E-state index in [-0.39, 0.29) is 11.2 Å². The fourth-order valence-corrected chi connectivity index (χ4v) is 4.32. The van der Waals surface area contributed by atoms with Crippen LogP contribution in [0.1, 0.15) is 23.7 Å². The van der Waals surface area contributed by atoms with E-state index >= 15 is 0 Å². The van der Waals surface area contributed by atoms with Gasteiger partial charge in [0.05, 0.1) is 7.11 Å². The van der Waals surface area contributed by atoms with Crippen molar-refractivity contribution >= 4 is 39.9 Å². The predicted molar refractivity (Wildman–Crippen MR) is 112 cm³/mol. The zero-order valence-corrected chi connectivity index (χ0v) is 16.3. The fourth-order valence-electron chi connectivity index (χ4n) is 2.86. The number of rotatable bonds is 5. The summed E-state index contributed by atoms with van der Waals surface area (Å²) in [5.74, 6) is 0.681. The first-order valence-corrected chi connectivity index (χ1v) is 9.91. The third kappa shape index (κ3) is 4.77. The number of nitrogens with one attached hydrogen (secondary N) is 1. The second-order valence-corrected chi connectivity index (χ2v) is 7.83. The maximum absolute atomic E-state index is 13.0. The highest BCUT2D eigenvalue weighted by atomic mass is 32.2. The van der Waals surface area contributed by atoms with Crippen LogP contribution in [0.25, 0.3) is 0 Å². The standard InChI is InChI=1S/C20H22N2O2S2/c1-24-17-11-9-16(10-12-17)21-19(23)18(15-7-3-2-4-8-15)26-20(25)22-13-5-6-14-22/h2-4,7-12,18H,5-6,13-14H2,1H3,(H,21,23). The SMILES string of the molecule is COc1ccc(NC(=O)C(SC(=S)N2CCCC2)c2ccccc2)cc1. The van der Waals surface area contributed by atoms with Gasteiger partial charge in [0.1, 0.15) is 15.3 Å². The first-order valence-electron chi connectivity index (χ1n) is 8.63. The van der Waals surface area contributed by atoms with Gasteiger partial charge in [0.25, 0.3) is 0 Å². The Morgan fingerprint density at radius 3 is 2.38 bits per heavy atom. The van der Waals surface area contributed by atoms with Crippen LogP contribution in [0.3, 0.4) is 0 Å². The minimum absolute atomic E-state index is 0.0760. The Bertz CT molecular complexity index is 744. The highest BCUT2D eigenvalue weighted by Gasteiger charge is 2.26. The molecule has 1 heterocycles. The number of thiocarbonyl (C=S) groups is 1. The molecule has 1 N–H and O–H groups in total. The zero-order chi connectivity index (χ0) is 18.4. The summed E-state index contributed by atoms with van der Waals surface area (Å²) in [6.07, 6.45) is 2.32. The lowest BCUT2D eigenvalue weighted by Crippen LogP contribution is -2.27. The lowest BCUT2D eigenvalue weighted by atomic mass is 10.1. The average molecular weight is 387 g/mol. The Hall–Kier alpha value is -2.05. The second kappa shape index (κ2) is 9.05. The van der Waals surface area contributed by atoms with Gasteiger partial charge in [0, 0.05) is 18.8 Å². The summed E-state index contributed by atoms with van der Waals surface area (Å²) >= 11 is 7.05. The third-order valence-corrected chi connectivity index (χ3v) is 6.01. The maximum atomic E-state index is 13.0. The van der Waals surface area contributed by atoms with Crippen molar-refractivity contribution in [2.45, 2.75) is 18.1 Å². The molecule has 0 aliphatic carbocycles. The van der Waals surface area contributed by atoms with E-state index in [0.29, 0.717) is 0 Å². The molecule has 0 saturated carbocycles. The summed E-state index contributed by atoms with van der Waals surface area (Å²) in [4.78, 5) is 15.2. The molecule has 2 aromatic carbocycles. The molecule has 6 heteroatoms. The molecule has 0 aromatic heterocycles. The molecule has 0 radical (unpaired) electrons. The molecule has 1 amide bonds. The Morgan fingerprint density at radius 1 is 1.12 bits per heavy atom. The van der Waals surface area contributed by atoms with Gasteiger partial charge >= 0.3 is 0 Å². The van der Waals surface area contributed by atoms with E-state index in [1.807, 2.05) is 54.6 Å². The Labute approximate surface area is 163 Å². The van der Waals surface area contributed by atoms with Crippen molar-refractivity contribution in [2.24, 2.45) is 0 Å². The molecule has 4 nitrogen and oxygen atoms in total. The molecule has 0 bridgehead atoms. The number of hydrogen-bond donors (Lipinski definition) is 1. The number of methoxy groups -OCH3 is 1. The van der Waals surface area contributed by atoms with Crippen molar-refractivity contribution in [1.82, 2.24) is 4.90 Å². The number of benzene rings is 2. The number of carbonyl (C=O) groups excluding carboxylic acids is 1. The number of ether oxygens (including phenoxy) is 1. The van der Waals surface area contributed by atoms with Crippen LogP contribution in [-0.4, -0.2) is 35.3 Å².